The Balaban J connectivity index is 1.43. The number of nitrogens with zero attached hydrogens (tertiary/aromatic N) is 1. The summed E-state index contributed by atoms with van der Waals surface area (Å²) in [6.07, 6.45) is 2.76. The zero-order chi connectivity index (χ0) is 19.1. The van der Waals surface area contributed by atoms with Gasteiger partial charge in [0.25, 0.3) is 11.8 Å². The quantitative estimate of drug-likeness (QED) is 0.537. The van der Waals surface area contributed by atoms with Crippen LogP contribution in [-0.4, -0.2) is 18.4 Å². The fraction of sp³-hybridized carbons (Fsp3) is 0.0500. The van der Waals surface area contributed by atoms with Crippen molar-refractivity contribution < 1.29 is 18.7 Å². The molecule has 7 heteroatoms. The van der Waals surface area contributed by atoms with Crippen LogP contribution in [0.25, 0.3) is 17.0 Å². The number of furan rings is 1. The van der Waals surface area contributed by atoms with E-state index in [9.17, 15) is 9.59 Å². The van der Waals surface area contributed by atoms with Gasteiger partial charge in [0.05, 0.1) is 11.6 Å². The van der Waals surface area contributed by atoms with Crippen molar-refractivity contribution in [1.82, 2.24) is 10.9 Å². The molecule has 0 spiro atoms. The van der Waals surface area contributed by atoms with Crippen LogP contribution in [-0.2, 0) is 9.59 Å². The van der Waals surface area contributed by atoms with Gasteiger partial charge in [0.15, 0.2) is 6.61 Å². The number of hydrazine groups is 1. The van der Waals surface area contributed by atoms with Crippen molar-refractivity contribution in [2.24, 2.45) is 0 Å². The number of rotatable bonds is 5. The van der Waals surface area contributed by atoms with Crippen molar-refractivity contribution in [1.29, 1.82) is 5.26 Å². The number of fused-ring (bicyclic) bond motifs is 1. The van der Waals surface area contributed by atoms with Crippen molar-refractivity contribution >= 4 is 28.9 Å². The molecule has 1 aromatic heterocycles. The van der Waals surface area contributed by atoms with E-state index in [2.05, 4.69) is 10.9 Å². The van der Waals surface area contributed by atoms with E-state index in [1.807, 2.05) is 36.4 Å². The second-order valence-corrected chi connectivity index (χ2v) is 5.48. The van der Waals surface area contributed by atoms with E-state index < -0.39 is 11.8 Å². The number of hydrogen-bond acceptors (Lipinski definition) is 5. The summed E-state index contributed by atoms with van der Waals surface area (Å²) in [7, 11) is 0. The molecule has 0 aliphatic heterocycles. The SMILES string of the molecule is N#Cc1ccc(OCC(=O)NNC(=O)/C=C/c2cc3ccccc3o2)cc1. The van der Waals surface area contributed by atoms with E-state index in [1.165, 1.54) is 12.2 Å². The number of ether oxygens (including phenoxy) is 1. The predicted molar refractivity (Wildman–Crippen MR) is 98.2 cm³/mol. The molecule has 0 aliphatic rings. The van der Waals surface area contributed by atoms with Crippen LogP contribution in [0.2, 0.25) is 0 Å². The Morgan fingerprint density at radius 1 is 1.11 bits per heavy atom. The summed E-state index contributed by atoms with van der Waals surface area (Å²) in [5, 5.41) is 9.65. The Morgan fingerprint density at radius 2 is 1.89 bits per heavy atom. The van der Waals surface area contributed by atoms with Crippen LogP contribution in [0.5, 0.6) is 5.75 Å². The number of carbonyl (C=O) groups excluding carboxylic acids is 2. The zero-order valence-electron chi connectivity index (χ0n) is 14.1. The predicted octanol–water partition coefficient (Wildman–Crippen LogP) is 2.54. The Labute approximate surface area is 154 Å². The van der Waals surface area contributed by atoms with Crippen molar-refractivity contribution in [3.8, 4) is 11.8 Å². The van der Waals surface area contributed by atoms with Gasteiger partial charge in [0, 0.05) is 11.5 Å². The third-order valence-corrected chi connectivity index (χ3v) is 3.52. The molecule has 2 N–H and O–H groups in total. The van der Waals surface area contributed by atoms with E-state index in [-0.39, 0.29) is 6.61 Å². The highest BCUT2D eigenvalue weighted by Gasteiger charge is 2.05. The van der Waals surface area contributed by atoms with Gasteiger partial charge in [-0.2, -0.15) is 5.26 Å². The highest BCUT2D eigenvalue weighted by molar-refractivity contribution is 5.93. The van der Waals surface area contributed by atoms with E-state index in [1.54, 1.807) is 24.3 Å². The Hall–Kier alpha value is -4.05. The van der Waals surface area contributed by atoms with Crippen LogP contribution in [0.15, 0.2) is 65.1 Å². The summed E-state index contributed by atoms with van der Waals surface area (Å²) in [4.78, 5) is 23.4. The van der Waals surface area contributed by atoms with Gasteiger partial charge >= 0.3 is 0 Å². The Morgan fingerprint density at radius 3 is 2.63 bits per heavy atom. The standard InChI is InChI=1S/C20H15N3O4/c21-12-14-5-7-16(8-6-14)26-13-20(25)23-22-19(24)10-9-17-11-15-3-1-2-4-18(15)27-17/h1-11H,13H2,(H,22,24)(H,23,25)/b10-9+. The van der Waals surface area contributed by atoms with Crippen LogP contribution in [0.3, 0.4) is 0 Å². The van der Waals surface area contributed by atoms with Gasteiger partial charge < -0.3 is 9.15 Å². The summed E-state index contributed by atoms with van der Waals surface area (Å²) >= 11 is 0. The van der Waals surface area contributed by atoms with Crippen molar-refractivity contribution in [3.63, 3.8) is 0 Å². The number of nitrogens with one attached hydrogen (secondary N) is 2. The zero-order valence-corrected chi connectivity index (χ0v) is 14.1. The summed E-state index contributed by atoms with van der Waals surface area (Å²) in [6.45, 7) is -0.278. The maximum absolute atomic E-state index is 11.8. The lowest BCUT2D eigenvalue weighted by molar-refractivity contribution is -0.128. The molecular formula is C20H15N3O4. The molecule has 0 unspecified atom stereocenters. The molecule has 7 nitrogen and oxygen atoms in total. The van der Waals surface area contributed by atoms with E-state index in [0.29, 0.717) is 17.1 Å². The average molecular weight is 361 g/mol. The molecule has 2 amide bonds. The summed E-state index contributed by atoms with van der Waals surface area (Å²) < 4.78 is 10.8. The van der Waals surface area contributed by atoms with Gasteiger partial charge in [-0.3, -0.25) is 20.4 Å². The number of carbonyl (C=O) groups is 2. The van der Waals surface area contributed by atoms with Gasteiger partial charge in [0.2, 0.25) is 0 Å². The highest BCUT2D eigenvalue weighted by Crippen LogP contribution is 2.19. The van der Waals surface area contributed by atoms with Gasteiger partial charge in [-0.05, 0) is 42.5 Å². The first-order valence-corrected chi connectivity index (χ1v) is 8.02. The van der Waals surface area contributed by atoms with Gasteiger partial charge in [0.1, 0.15) is 17.1 Å². The molecule has 3 aromatic rings. The minimum atomic E-state index is -0.523. The summed E-state index contributed by atoms with van der Waals surface area (Å²) in [6, 6.07) is 17.6. The molecular weight excluding hydrogens is 346 g/mol. The second kappa shape index (κ2) is 8.36. The summed E-state index contributed by atoms with van der Waals surface area (Å²) in [5.41, 5.74) is 5.71. The fourth-order valence-electron chi connectivity index (χ4n) is 2.23. The van der Waals surface area contributed by atoms with Crippen LogP contribution in [0.4, 0.5) is 0 Å². The van der Waals surface area contributed by atoms with Gasteiger partial charge in [-0.15, -0.1) is 0 Å². The van der Waals surface area contributed by atoms with E-state index in [4.69, 9.17) is 14.4 Å². The molecule has 1 heterocycles. The number of para-hydroxylation sites is 1. The van der Waals surface area contributed by atoms with Crippen LogP contribution >= 0.6 is 0 Å². The number of amides is 2. The maximum atomic E-state index is 11.8. The molecule has 27 heavy (non-hydrogen) atoms. The molecule has 0 bridgehead atoms. The molecule has 0 saturated heterocycles. The monoisotopic (exact) mass is 361 g/mol. The lowest BCUT2D eigenvalue weighted by Gasteiger charge is -2.07. The first-order chi connectivity index (χ1) is 13.1. The summed E-state index contributed by atoms with van der Waals surface area (Å²) in [5.74, 6) is -0.0610. The topological polar surface area (TPSA) is 104 Å². The fourth-order valence-corrected chi connectivity index (χ4v) is 2.23. The molecule has 2 aromatic carbocycles. The first kappa shape index (κ1) is 17.8. The van der Waals surface area contributed by atoms with Gasteiger partial charge in [-0.1, -0.05) is 18.2 Å². The smallest absolute Gasteiger partial charge is 0.276 e. The van der Waals surface area contributed by atoms with Crippen LogP contribution < -0.4 is 15.6 Å². The number of nitriles is 1. The van der Waals surface area contributed by atoms with E-state index >= 15 is 0 Å². The molecule has 3 rings (SSSR count). The molecule has 0 aliphatic carbocycles. The van der Waals surface area contributed by atoms with Crippen molar-refractivity contribution in [2.45, 2.75) is 0 Å². The lowest BCUT2D eigenvalue weighted by atomic mass is 10.2. The van der Waals surface area contributed by atoms with Gasteiger partial charge in [-0.25, -0.2) is 0 Å². The Kier molecular flexibility index (Phi) is 5.50. The third-order valence-electron chi connectivity index (χ3n) is 3.52. The number of hydrogen-bond donors (Lipinski definition) is 2. The molecule has 0 saturated carbocycles. The normalized spacial score (nSPS) is 10.5. The van der Waals surface area contributed by atoms with E-state index in [0.717, 1.165) is 11.0 Å². The minimum Gasteiger partial charge on any atom is -0.484 e. The maximum Gasteiger partial charge on any atom is 0.276 e. The lowest BCUT2D eigenvalue weighted by Crippen LogP contribution is -2.43. The third kappa shape index (κ3) is 4.96. The minimum absolute atomic E-state index is 0.278. The number of benzene rings is 2. The van der Waals surface area contributed by atoms with Crippen LogP contribution in [0, 0.1) is 11.3 Å². The van der Waals surface area contributed by atoms with Crippen molar-refractivity contribution in [2.75, 3.05) is 6.61 Å². The molecule has 134 valence electrons. The molecule has 0 fully saturated rings. The molecule has 0 atom stereocenters. The average Bonchev–Trinajstić information content (AvgIpc) is 3.12. The largest absolute Gasteiger partial charge is 0.484 e. The Bertz CT molecular complexity index is 996. The second-order valence-electron chi connectivity index (χ2n) is 5.48. The molecule has 0 radical (unpaired) electrons. The van der Waals surface area contributed by atoms with Crippen molar-refractivity contribution in [3.05, 3.63) is 72.0 Å². The van der Waals surface area contributed by atoms with Crippen LogP contribution in [0.1, 0.15) is 11.3 Å². The highest BCUT2D eigenvalue weighted by atomic mass is 16.5. The first-order valence-electron chi connectivity index (χ1n) is 8.02.